The average Bonchev–Trinajstić information content (AvgIpc) is 3.10. The molecule has 0 aliphatic carbocycles. The predicted octanol–water partition coefficient (Wildman–Crippen LogP) is 3.05. The third-order valence-corrected chi connectivity index (χ3v) is 3.42. The molecular formula is C15H7F2N5. The Kier molecular flexibility index (Phi) is 2.47. The molecule has 0 unspecified atom stereocenters. The molecule has 0 fully saturated rings. The molecular weight excluding hydrogens is 288 g/mol. The molecule has 5 nitrogen and oxygen atoms in total. The van der Waals surface area contributed by atoms with Crippen LogP contribution in [-0.4, -0.2) is 19.5 Å². The van der Waals surface area contributed by atoms with E-state index in [2.05, 4.69) is 15.0 Å². The van der Waals surface area contributed by atoms with Gasteiger partial charge in [0, 0.05) is 12.1 Å². The zero-order chi connectivity index (χ0) is 15.3. The number of nitrogens with one attached hydrogen (secondary N) is 1. The number of hydrogen-bond donors (Lipinski definition) is 1. The fourth-order valence-electron chi connectivity index (χ4n) is 2.35. The van der Waals surface area contributed by atoms with Crippen LogP contribution >= 0.6 is 0 Å². The van der Waals surface area contributed by atoms with E-state index in [0.29, 0.717) is 33.6 Å². The highest BCUT2D eigenvalue weighted by molar-refractivity contribution is 5.80. The maximum absolute atomic E-state index is 13.4. The van der Waals surface area contributed by atoms with Gasteiger partial charge in [-0.2, -0.15) is 5.26 Å². The molecule has 2 heterocycles. The molecule has 0 saturated heterocycles. The minimum Gasteiger partial charge on any atom is -0.323 e. The van der Waals surface area contributed by atoms with Crippen LogP contribution in [0.5, 0.6) is 0 Å². The van der Waals surface area contributed by atoms with Gasteiger partial charge < -0.3 is 4.98 Å². The Labute approximate surface area is 122 Å². The van der Waals surface area contributed by atoms with Crippen LogP contribution in [0.4, 0.5) is 8.78 Å². The van der Waals surface area contributed by atoms with Gasteiger partial charge in [0.25, 0.3) is 0 Å². The Hall–Kier alpha value is -3.27. The Bertz CT molecular complexity index is 1070. The molecule has 0 aliphatic heterocycles. The predicted molar refractivity (Wildman–Crippen MR) is 75.4 cm³/mol. The summed E-state index contributed by atoms with van der Waals surface area (Å²) in [6.45, 7) is 0. The SMILES string of the molecule is N#Cc1ccc2nc(-n3cnc4cc(F)c(F)cc43)[nH]c2c1. The van der Waals surface area contributed by atoms with E-state index in [1.54, 1.807) is 18.2 Å². The van der Waals surface area contributed by atoms with Crippen LogP contribution in [0.1, 0.15) is 5.56 Å². The van der Waals surface area contributed by atoms with Crippen molar-refractivity contribution in [2.75, 3.05) is 0 Å². The van der Waals surface area contributed by atoms with Crippen molar-refractivity contribution in [3.63, 3.8) is 0 Å². The summed E-state index contributed by atoms with van der Waals surface area (Å²) in [5.74, 6) is -1.48. The monoisotopic (exact) mass is 295 g/mol. The number of aromatic amines is 1. The smallest absolute Gasteiger partial charge is 0.213 e. The van der Waals surface area contributed by atoms with Crippen molar-refractivity contribution in [3.05, 3.63) is 53.9 Å². The lowest BCUT2D eigenvalue weighted by Crippen LogP contribution is -1.95. The maximum atomic E-state index is 13.4. The zero-order valence-electron chi connectivity index (χ0n) is 11.0. The minimum absolute atomic E-state index is 0.331. The van der Waals surface area contributed by atoms with E-state index in [1.807, 2.05) is 6.07 Å². The van der Waals surface area contributed by atoms with Crippen LogP contribution in [0.25, 0.3) is 28.0 Å². The molecule has 0 bridgehead atoms. The van der Waals surface area contributed by atoms with Crippen molar-refractivity contribution in [3.8, 4) is 12.0 Å². The van der Waals surface area contributed by atoms with Crippen LogP contribution in [0.2, 0.25) is 0 Å². The molecule has 0 aliphatic rings. The number of halogens is 2. The zero-order valence-corrected chi connectivity index (χ0v) is 11.0. The Morgan fingerprint density at radius 1 is 1.09 bits per heavy atom. The third kappa shape index (κ3) is 1.74. The van der Waals surface area contributed by atoms with Gasteiger partial charge in [0.2, 0.25) is 5.95 Å². The summed E-state index contributed by atoms with van der Waals surface area (Å²) in [6.07, 6.45) is 1.44. The summed E-state index contributed by atoms with van der Waals surface area (Å²) in [5.41, 5.74) is 2.58. The lowest BCUT2D eigenvalue weighted by molar-refractivity contribution is 0.510. The second-order valence-electron chi connectivity index (χ2n) is 4.77. The number of nitriles is 1. The molecule has 0 spiro atoms. The summed E-state index contributed by atoms with van der Waals surface area (Å²) < 4.78 is 28.2. The summed E-state index contributed by atoms with van der Waals surface area (Å²) >= 11 is 0. The van der Waals surface area contributed by atoms with Gasteiger partial charge in [-0.25, -0.2) is 18.7 Å². The van der Waals surface area contributed by atoms with Gasteiger partial charge >= 0.3 is 0 Å². The third-order valence-electron chi connectivity index (χ3n) is 3.42. The summed E-state index contributed by atoms with van der Waals surface area (Å²) in [5, 5.41) is 8.91. The molecule has 1 N–H and O–H groups in total. The largest absolute Gasteiger partial charge is 0.323 e. The molecule has 106 valence electrons. The number of nitrogens with zero attached hydrogens (tertiary/aromatic N) is 4. The average molecular weight is 295 g/mol. The molecule has 4 aromatic rings. The summed E-state index contributed by atoms with van der Waals surface area (Å²) in [6, 6.07) is 9.21. The minimum atomic E-state index is -0.947. The van der Waals surface area contributed by atoms with Gasteiger partial charge in [0.15, 0.2) is 11.6 Å². The Morgan fingerprint density at radius 3 is 2.73 bits per heavy atom. The van der Waals surface area contributed by atoms with Gasteiger partial charge in [-0.15, -0.1) is 0 Å². The van der Waals surface area contributed by atoms with Crippen molar-refractivity contribution in [1.82, 2.24) is 19.5 Å². The molecule has 22 heavy (non-hydrogen) atoms. The van der Waals surface area contributed by atoms with Crippen molar-refractivity contribution < 1.29 is 8.78 Å². The maximum Gasteiger partial charge on any atom is 0.213 e. The number of fused-ring (bicyclic) bond motifs is 2. The van der Waals surface area contributed by atoms with E-state index in [4.69, 9.17) is 5.26 Å². The lowest BCUT2D eigenvalue weighted by Gasteiger charge is -1.99. The van der Waals surface area contributed by atoms with Crippen molar-refractivity contribution in [1.29, 1.82) is 5.26 Å². The molecule has 7 heteroatoms. The highest BCUT2D eigenvalue weighted by Gasteiger charge is 2.12. The molecule has 0 atom stereocenters. The summed E-state index contributed by atoms with van der Waals surface area (Å²) in [7, 11) is 0. The number of H-pyrrole nitrogens is 1. The first-order valence-corrected chi connectivity index (χ1v) is 6.38. The first-order chi connectivity index (χ1) is 10.7. The number of aromatic nitrogens is 4. The van der Waals surface area contributed by atoms with Crippen LogP contribution in [0, 0.1) is 23.0 Å². The van der Waals surface area contributed by atoms with Gasteiger partial charge in [0.1, 0.15) is 6.33 Å². The first-order valence-electron chi connectivity index (χ1n) is 6.38. The quantitative estimate of drug-likeness (QED) is 0.586. The number of imidazole rings is 2. The molecule has 2 aromatic heterocycles. The van der Waals surface area contributed by atoms with E-state index >= 15 is 0 Å². The van der Waals surface area contributed by atoms with Crippen molar-refractivity contribution >= 4 is 22.1 Å². The van der Waals surface area contributed by atoms with E-state index in [1.165, 1.54) is 10.9 Å². The molecule has 4 rings (SSSR count). The Morgan fingerprint density at radius 2 is 1.91 bits per heavy atom. The van der Waals surface area contributed by atoms with Gasteiger partial charge in [0.05, 0.1) is 33.7 Å². The standard InChI is InChI=1S/C15H7F2N5/c16-9-4-13-14(5-10(9)17)22(7-19-13)15-20-11-2-1-8(6-18)3-12(11)21-15/h1-5,7H,(H,20,21). The van der Waals surface area contributed by atoms with Crippen LogP contribution in [-0.2, 0) is 0 Å². The second kappa shape index (κ2) is 4.36. The van der Waals surface area contributed by atoms with Gasteiger partial charge in [-0.05, 0) is 18.2 Å². The topological polar surface area (TPSA) is 70.3 Å². The van der Waals surface area contributed by atoms with Crippen molar-refractivity contribution in [2.45, 2.75) is 0 Å². The molecule has 0 radical (unpaired) electrons. The molecule has 0 saturated carbocycles. The second-order valence-corrected chi connectivity index (χ2v) is 4.77. The van der Waals surface area contributed by atoms with E-state index < -0.39 is 11.6 Å². The van der Waals surface area contributed by atoms with E-state index in [-0.39, 0.29) is 0 Å². The first kappa shape index (κ1) is 12.5. The molecule has 0 amide bonds. The normalized spacial score (nSPS) is 11.1. The van der Waals surface area contributed by atoms with E-state index in [9.17, 15) is 8.78 Å². The number of rotatable bonds is 1. The van der Waals surface area contributed by atoms with Crippen LogP contribution < -0.4 is 0 Å². The highest BCUT2D eigenvalue weighted by Crippen LogP contribution is 2.22. The van der Waals surface area contributed by atoms with E-state index in [0.717, 1.165) is 12.1 Å². The van der Waals surface area contributed by atoms with Gasteiger partial charge in [-0.1, -0.05) is 0 Å². The van der Waals surface area contributed by atoms with Crippen LogP contribution in [0.15, 0.2) is 36.7 Å². The fourth-order valence-corrected chi connectivity index (χ4v) is 2.35. The highest BCUT2D eigenvalue weighted by atomic mass is 19.2. The number of benzene rings is 2. The lowest BCUT2D eigenvalue weighted by atomic mass is 10.2. The summed E-state index contributed by atoms with van der Waals surface area (Å²) in [4.78, 5) is 11.5. The Balaban J connectivity index is 1.95. The molecule has 2 aromatic carbocycles. The van der Waals surface area contributed by atoms with Crippen LogP contribution in [0.3, 0.4) is 0 Å². The van der Waals surface area contributed by atoms with Crippen molar-refractivity contribution in [2.24, 2.45) is 0 Å². The number of hydrogen-bond acceptors (Lipinski definition) is 3. The van der Waals surface area contributed by atoms with Gasteiger partial charge in [-0.3, -0.25) is 4.57 Å². The fraction of sp³-hybridized carbons (Fsp3) is 0.